The largest absolute Gasteiger partial charge is 0.462 e. The SMILES string of the molecule is CC/C=C\C/C=C\C/C=C\C/C=C\CCCCCCCCC(=O)OCC(COC(=O)CC/C=C\C/C=C\C/C=C\C/C=C\CC)OC(=O)CCCC/C=C\C/C=C\C/C=C\C/C=C\CC. The fourth-order valence-corrected chi connectivity index (χ4v) is 6.14. The zero-order valence-corrected chi connectivity index (χ0v) is 41.2. The molecule has 0 heterocycles. The van der Waals surface area contributed by atoms with E-state index in [0.717, 1.165) is 122 Å². The molecule has 0 amide bonds. The number of carbonyl (C=O) groups excluding carboxylic acids is 3. The van der Waals surface area contributed by atoms with E-state index in [2.05, 4.69) is 154 Å². The molecule has 0 aromatic rings. The Bertz CT molecular complexity index is 1490. The summed E-state index contributed by atoms with van der Waals surface area (Å²) in [5, 5.41) is 0. The molecule has 0 aliphatic carbocycles. The van der Waals surface area contributed by atoms with Crippen LogP contribution in [0.1, 0.15) is 188 Å². The predicted octanol–water partition coefficient (Wildman–Crippen LogP) is 16.9. The van der Waals surface area contributed by atoms with Gasteiger partial charge >= 0.3 is 17.9 Å². The van der Waals surface area contributed by atoms with Crippen LogP contribution in [0.3, 0.4) is 0 Å². The monoisotopic (exact) mass is 895 g/mol. The van der Waals surface area contributed by atoms with Gasteiger partial charge in [-0.15, -0.1) is 0 Å². The highest BCUT2D eigenvalue weighted by Gasteiger charge is 2.19. The third-order valence-corrected chi connectivity index (χ3v) is 9.83. The smallest absolute Gasteiger partial charge is 0.306 e. The topological polar surface area (TPSA) is 78.9 Å². The minimum Gasteiger partial charge on any atom is -0.462 e. The van der Waals surface area contributed by atoms with Crippen molar-refractivity contribution in [1.29, 1.82) is 0 Å². The van der Waals surface area contributed by atoms with Crippen LogP contribution < -0.4 is 0 Å². The molecule has 0 bridgehead atoms. The van der Waals surface area contributed by atoms with Crippen LogP contribution in [0.5, 0.6) is 0 Å². The first-order chi connectivity index (χ1) is 32.0. The lowest BCUT2D eigenvalue weighted by Crippen LogP contribution is -2.30. The standard InChI is InChI=1S/C59H90O6/c1-4-7-10-13-16-19-22-25-27-28-29-30-32-34-37-40-43-46-49-52-58(61)64-55-56(54-63-57(60)51-48-45-42-39-36-33-24-21-18-15-12-9-6-3)65-59(62)53-50-47-44-41-38-35-31-26-23-20-17-14-11-8-5-2/h7-12,16-21,25-27,29-31,33,36,38,41-42,45,56H,4-6,13-15,22-24,28,32,34-35,37,39-40,43-44,46-55H2,1-3H3/b10-7-,11-8-,12-9-,19-16-,20-17-,21-18-,27-25-,30-29-,31-26-,36-33-,41-38-,45-42-. The summed E-state index contributed by atoms with van der Waals surface area (Å²) in [7, 11) is 0. The predicted molar refractivity (Wildman–Crippen MR) is 279 cm³/mol. The third-order valence-electron chi connectivity index (χ3n) is 9.83. The number of esters is 3. The van der Waals surface area contributed by atoms with E-state index in [-0.39, 0.29) is 44.0 Å². The molecule has 0 aromatic carbocycles. The molecule has 0 rings (SSSR count). The molecular weight excluding hydrogens is 805 g/mol. The van der Waals surface area contributed by atoms with Gasteiger partial charge in [-0.05, 0) is 122 Å². The van der Waals surface area contributed by atoms with Gasteiger partial charge < -0.3 is 14.2 Å². The van der Waals surface area contributed by atoms with Gasteiger partial charge in [0, 0.05) is 19.3 Å². The fourth-order valence-electron chi connectivity index (χ4n) is 6.14. The van der Waals surface area contributed by atoms with E-state index in [1.807, 2.05) is 12.2 Å². The second-order valence-electron chi connectivity index (χ2n) is 15.9. The summed E-state index contributed by atoms with van der Waals surface area (Å²) in [4.78, 5) is 37.9. The van der Waals surface area contributed by atoms with E-state index in [1.54, 1.807) is 0 Å². The van der Waals surface area contributed by atoms with Crippen molar-refractivity contribution in [3.63, 3.8) is 0 Å². The van der Waals surface area contributed by atoms with Gasteiger partial charge in [-0.2, -0.15) is 0 Å². The normalized spacial score (nSPS) is 13.3. The number of allylic oxidation sites excluding steroid dienone is 24. The molecule has 0 radical (unpaired) electrons. The van der Waals surface area contributed by atoms with Crippen LogP contribution in [0, 0.1) is 0 Å². The highest BCUT2D eigenvalue weighted by molar-refractivity contribution is 5.71. The van der Waals surface area contributed by atoms with Gasteiger partial charge in [0.25, 0.3) is 0 Å². The van der Waals surface area contributed by atoms with Crippen LogP contribution in [-0.4, -0.2) is 37.2 Å². The quantitative estimate of drug-likeness (QED) is 0.0263. The van der Waals surface area contributed by atoms with Crippen molar-refractivity contribution in [1.82, 2.24) is 0 Å². The first-order valence-corrected chi connectivity index (χ1v) is 25.3. The van der Waals surface area contributed by atoms with Crippen LogP contribution in [0.2, 0.25) is 0 Å². The van der Waals surface area contributed by atoms with E-state index in [4.69, 9.17) is 14.2 Å². The summed E-state index contributed by atoms with van der Waals surface area (Å²) in [5.74, 6) is -1.08. The Morgan fingerprint density at radius 1 is 0.308 bits per heavy atom. The van der Waals surface area contributed by atoms with Crippen LogP contribution >= 0.6 is 0 Å². The van der Waals surface area contributed by atoms with Gasteiger partial charge in [-0.1, -0.05) is 192 Å². The van der Waals surface area contributed by atoms with Gasteiger partial charge in [0.15, 0.2) is 6.10 Å². The minimum atomic E-state index is -0.840. The average molecular weight is 895 g/mol. The Morgan fingerprint density at radius 2 is 0.585 bits per heavy atom. The number of carbonyl (C=O) groups is 3. The van der Waals surface area contributed by atoms with E-state index in [1.165, 1.54) is 12.8 Å². The lowest BCUT2D eigenvalue weighted by atomic mass is 10.1. The average Bonchev–Trinajstić information content (AvgIpc) is 3.30. The van der Waals surface area contributed by atoms with Gasteiger partial charge in [0.2, 0.25) is 0 Å². The van der Waals surface area contributed by atoms with Gasteiger partial charge in [0.05, 0.1) is 0 Å². The van der Waals surface area contributed by atoms with Crippen LogP contribution in [0.4, 0.5) is 0 Å². The van der Waals surface area contributed by atoms with Gasteiger partial charge in [-0.25, -0.2) is 0 Å². The Labute approximate surface area is 397 Å². The summed E-state index contributed by atoms with van der Waals surface area (Å²) < 4.78 is 16.7. The number of rotatable bonds is 43. The molecule has 0 spiro atoms. The maximum absolute atomic E-state index is 12.8. The summed E-state index contributed by atoms with van der Waals surface area (Å²) in [6.45, 7) is 6.15. The van der Waals surface area contributed by atoms with Crippen molar-refractivity contribution >= 4 is 17.9 Å². The third kappa shape index (κ3) is 50.2. The van der Waals surface area contributed by atoms with Crippen molar-refractivity contribution < 1.29 is 28.6 Å². The molecule has 0 fully saturated rings. The Morgan fingerprint density at radius 3 is 0.985 bits per heavy atom. The molecule has 1 atom stereocenters. The number of unbranched alkanes of at least 4 members (excludes halogenated alkanes) is 8. The second kappa shape index (κ2) is 51.9. The maximum atomic E-state index is 12.8. The summed E-state index contributed by atoms with van der Waals surface area (Å²) in [5.41, 5.74) is 0. The number of hydrogen-bond donors (Lipinski definition) is 0. The fraction of sp³-hybridized carbons (Fsp3) is 0.542. The lowest BCUT2D eigenvalue weighted by Gasteiger charge is -2.18. The van der Waals surface area contributed by atoms with Crippen LogP contribution in [-0.2, 0) is 28.6 Å². The molecule has 65 heavy (non-hydrogen) atoms. The van der Waals surface area contributed by atoms with E-state index in [0.29, 0.717) is 19.3 Å². The Balaban J connectivity index is 4.57. The maximum Gasteiger partial charge on any atom is 0.306 e. The molecule has 0 aromatic heterocycles. The summed E-state index contributed by atoms with van der Waals surface area (Å²) in [6.07, 6.45) is 74.2. The van der Waals surface area contributed by atoms with Crippen molar-refractivity contribution in [3.8, 4) is 0 Å². The van der Waals surface area contributed by atoms with Gasteiger partial charge in [0.1, 0.15) is 13.2 Å². The zero-order chi connectivity index (χ0) is 47.2. The van der Waals surface area contributed by atoms with Crippen molar-refractivity contribution in [2.24, 2.45) is 0 Å². The van der Waals surface area contributed by atoms with Crippen molar-refractivity contribution in [3.05, 3.63) is 146 Å². The molecule has 1 unspecified atom stereocenters. The Hall–Kier alpha value is -4.71. The van der Waals surface area contributed by atoms with Crippen molar-refractivity contribution in [2.75, 3.05) is 13.2 Å². The van der Waals surface area contributed by atoms with Crippen molar-refractivity contribution in [2.45, 2.75) is 194 Å². The highest BCUT2D eigenvalue weighted by atomic mass is 16.6. The molecule has 0 N–H and O–H groups in total. The van der Waals surface area contributed by atoms with Crippen LogP contribution in [0.25, 0.3) is 0 Å². The number of ether oxygens (including phenoxy) is 3. The molecule has 6 heteroatoms. The van der Waals surface area contributed by atoms with E-state index < -0.39 is 6.10 Å². The molecule has 0 saturated heterocycles. The number of hydrogen-bond acceptors (Lipinski definition) is 6. The van der Waals surface area contributed by atoms with Crippen LogP contribution in [0.15, 0.2) is 146 Å². The molecule has 0 aliphatic rings. The van der Waals surface area contributed by atoms with Gasteiger partial charge in [-0.3, -0.25) is 14.4 Å². The molecular formula is C59H90O6. The summed E-state index contributed by atoms with van der Waals surface area (Å²) >= 11 is 0. The molecule has 0 aliphatic heterocycles. The summed E-state index contributed by atoms with van der Waals surface area (Å²) in [6, 6.07) is 0. The first kappa shape index (κ1) is 60.3. The lowest BCUT2D eigenvalue weighted by molar-refractivity contribution is -0.166. The first-order valence-electron chi connectivity index (χ1n) is 25.3. The second-order valence-corrected chi connectivity index (χ2v) is 15.9. The molecule has 0 saturated carbocycles. The molecule has 6 nitrogen and oxygen atoms in total. The van der Waals surface area contributed by atoms with E-state index in [9.17, 15) is 14.4 Å². The Kier molecular flexibility index (Phi) is 48.2. The zero-order valence-electron chi connectivity index (χ0n) is 41.2. The molecule has 362 valence electrons. The van der Waals surface area contributed by atoms with E-state index >= 15 is 0 Å². The highest BCUT2D eigenvalue weighted by Crippen LogP contribution is 2.11. The minimum absolute atomic E-state index is 0.131.